The van der Waals surface area contributed by atoms with Crippen molar-refractivity contribution in [3.63, 3.8) is 0 Å². The van der Waals surface area contributed by atoms with E-state index in [0.29, 0.717) is 31.9 Å². The molecule has 1 fully saturated rings. The van der Waals surface area contributed by atoms with E-state index >= 15 is 0 Å². The van der Waals surface area contributed by atoms with Gasteiger partial charge >= 0.3 is 11.9 Å². The Kier molecular flexibility index (Phi) is 6.18. The molecule has 146 valence electrons. The van der Waals surface area contributed by atoms with E-state index in [1.807, 2.05) is 0 Å². The first kappa shape index (κ1) is 19.3. The van der Waals surface area contributed by atoms with E-state index in [4.69, 9.17) is 13.9 Å². The van der Waals surface area contributed by atoms with Crippen molar-refractivity contribution in [1.82, 2.24) is 4.90 Å². The molecule has 1 aromatic heterocycles. The van der Waals surface area contributed by atoms with Gasteiger partial charge in [-0.15, -0.1) is 0 Å². The monoisotopic (exact) mass is 386 g/mol. The third kappa shape index (κ3) is 4.83. The second-order valence-electron chi connectivity index (χ2n) is 5.93. The second kappa shape index (κ2) is 8.96. The van der Waals surface area contributed by atoms with Crippen LogP contribution in [-0.2, 0) is 19.1 Å². The van der Waals surface area contributed by atoms with E-state index < -0.39 is 22.9 Å². The van der Waals surface area contributed by atoms with Crippen LogP contribution in [0, 0.1) is 10.1 Å². The second-order valence-corrected chi connectivity index (χ2v) is 5.93. The molecule has 28 heavy (non-hydrogen) atoms. The number of benzene rings is 1. The summed E-state index contributed by atoms with van der Waals surface area (Å²) in [5, 5.41) is 10.6. The smallest absolute Gasteiger partial charge is 0.433 e. The Hall–Kier alpha value is -3.46. The van der Waals surface area contributed by atoms with Gasteiger partial charge in [-0.2, -0.15) is 0 Å². The van der Waals surface area contributed by atoms with Crippen molar-refractivity contribution in [2.24, 2.45) is 0 Å². The molecule has 0 spiro atoms. The largest absolute Gasteiger partial charge is 0.444 e. The molecule has 3 rings (SSSR count). The van der Waals surface area contributed by atoms with Gasteiger partial charge in [0.1, 0.15) is 10.7 Å². The van der Waals surface area contributed by atoms with Crippen LogP contribution in [0.1, 0.15) is 17.4 Å². The maximum absolute atomic E-state index is 12.9. The van der Waals surface area contributed by atoms with E-state index in [1.54, 1.807) is 35.2 Å². The summed E-state index contributed by atoms with van der Waals surface area (Å²) in [4.78, 5) is 36.6. The van der Waals surface area contributed by atoms with Crippen LogP contribution >= 0.6 is 0 Å². The zero-order valence-electron chi connectivity index (χ0n) is 14.9. The predicted octanol–water partition coefficient (Wildman–Crippen LogP) is 2.34. The highest BCUT2D eigenvalue weighted by Gasteiger charge is 2.30. The van der Waals surface area contributed by atoms with Gasteiger partial charge in [0.2, 0.25) is 6.10 Å². The quantitative estimate of drug-likeness (QED) is 0.324. The summed E-state index contributed by atoms with van der Waals surface area (Å²) in [5.74, 6) is -1.41. The lowest BCUT2D eigenvalue weighted by Gasteiger charge is -2.30. The number of rotatable bonds is 6. The number of furan rings is 1. The number of hydrogen-bond acceptors (Lipinski definition) is 7. The SMILES string of the molecule is O=C(/C=C/c1ccc([N+](=O)[O-])o1)O[C@H](C(=O)N1CCOCC1)c1ccccc1. The third-order valence-corrected chi connectivity index (χ3v) is 4.06. The Labute approximate surface area is 160 Å². The third-order valence-electron chi connectivity index (χ3n) is 4.06. The number of morpholine rings is 1. The Balaban J connectivity index is 1.72. The molecule has 1 aromatic carbocycles. The lowest BCUT2D eigenvalue weighted by atomic mass is 10.1. The number of hydrogen-bond donors (Lipinski definition) is 0. The molecule has 9 nitrogen and oxygen atoms in total. The fraction of sp³-hybridized carbons (Fsp3) is 0.263. The molecule has 0 saturated carbocycles. The molecule has 0 N–H and O–H groups in total. The van der Waals surface area contributed by atoms with E-state index in [1.165, 1.54) is 18.2 Å². The molecular weight excluding hydrogens is 368 g/mol. The van der Waals surface area contributed by atoms with Crippen LogP contribution in [0.4, 0.5) is 5.88 Å². The number of esters is 1. The van der Waals surface area contributed by atoms with E-state index in [9.17, 15) is 19.7 Å². The van der Waals surface area contributed by atoms with Crippen molar-refractivity contribution < 1.29 is 28.4 Å². The molecule has 0 radical (unpaired) electrons. The van der Waals surface area contributed by atoms with Crippen molar-refractivity contribution in [1.29, 1.82) is 0 Å². The highest BCUT2D eigenvalue weighted by molar-refractivity contribution is 5.90. The van der Waals surface area contributed by atoms with Gasteiger partial charge in [0.15, 0.2) is 0 Å². The maximum atomic E-state index is 12.9. The van der Waals surface area contributed by atoms with Gasteiger partial charge in [-0.25, -0.2) is 4.79 Å². The number of carbonyl (C=O) groups is 2. The van der Waals surface area contributed by atoms with Crippen molar-refractivity contribution in [2.45, 2.75) is 6.10 Å². The average molecular weight is 386 g/mol. The van der Waals surface area contributed by atoms with Crippen LogP contribution in [0.25, 0.3) is 6.08 Å². The normalized spacial score (nSPS) is 15.4. The predicted molar refractivity (Wildman–Crippen MR) is 97.1 cm³/mol. The van der Waals surface area contributed by atoms with Crippen LogP contribution in [0.15, 0.2) is 53.0 Å². The lowest BCUT2D eigenvalue weighted by molar-refractivity contribution is -0.402. The number of carbonyl (C=O) groups excluding carboxylic acids is 2. The van der Waals surface area contributed by atoms with Gasteiger partial charge in [-0.3, -0.25) is 14.9 Å². The van der Waals surface area contributed by atoms with Crippen molar-refractivity contribution in [2.75, 3.05) is 26.3 Å². The standard InChI is InChI=1S/C19H18N2O7/c22-17(9-7-15-6-8-16(27-15)21(24)25)28-18(14-4-2-1-3-5-14)19(23)20-10-12-26-13-11-20/h1-9,18H,10-13H2/b9-7+/t18-/m0/s1. The van der Waals surface area contributed by atoms with Gasteiger partial charge in [-0.1, -0.05) is 30.3 Å². The van der Waals surface area contributed by atoms with Crippen molar-refractivity contribution in [3.05, 3.63) is 70.0 Å². The van der Waals surface area contributed by atoms with Gasteiger partial charge in [0.05, 0.1) is 19.3 Å². The highest BCUT2D eigenvalue weighted by atomic mass is 16.6. The molecule has 1 amide bonds. The zero-order chi connectivity index (χ0) is 19.9. The molecule has 0 unspecified atom stereocenters. The number of amides is 1. The molecule has 0 bridgehead atoms. The molecular formula is C19H18N2O7. The summed E-state index contributed by atoms with van der Waals surface area (Å²) in [7, 11) is 0. The minimum absolute atomic E-state index is 0.124. The van der Waals surface area contributed by atoms with Crippen LogP contribution in [-0.4, -0.2) is 48.0 Å². The molecule has 9 heteroatoms. The molecule has 1 aliphatic heterocycles. The molecule has 0 aliphatic carbocycles. The summed E-state index contributed by atoms with van der Waals surface area (Å²) in [6.45, 7) is 1.70. The summed E-state index contributed by atoms with van der Waals surface area (Å²) < 4.78 is 15.6. The van der Waals surface area contributed by atoms with Gasteiger partial charge in [0.25, 0.3) is 5.91 Å². The van der Waals surface area contributed by atoms with E-state index in [-0.39, 0.29) is 11.7 Å². The summed E-state index contributed by atoms with van der Waals surface area (Å²) in [5.41, 5.74) is 0.550. The molecule has 1 aliphatic rings. The van der Waals surface area contributed by atoms with Gasteiger partial charge in [0, 0.05) is 24.7 Å². The maximum Gasteiger partial charge on any atom is 0.433 e. The van der Waals surface area contributed by atoms with Gasteiger partial charge < -0.3 is 18.8 Å². The average Bonchev–Trinajstić information content (AvgIpc) is 3.21. The van der Waals surface area contributed by atoms with Crippen molar-refractivity contribution >= 4 is 23.8 Å². The fourth-order valence-electron chi connectivity index (χ4n) is 2.67. The van der Waals surface area contributed by atoms with E-state index in [2.05, 4.69) is 0 Å². The summed E-state index contributed by atoms with van der Waals surface area (Å²) in [6, 6.07) is 11.2. The topological polar surface area (TPSA) is 112 Å². The molecule has 1 atom stereocenters. The fourth-order valence-corrected chi connectivity index (χ4v) is 2.67. The zero-order valence-corrected chi connectivity index (χ0v) is 14.9. The lowest BCUT2D eigenvalue weighted by Crippen LogP contribution is -2.44. The highest BCUT2D eigenvalue weighted by Crippen LogP contribution is 2.22. The van der Waals surface area contributed by atoms with Crippen LogP contribution in [0.2, 0.25) is 0 Å². The number of nitrogens with zero attached hydrogens (tertiary/aromatic N) is 2. The number of nitro groups is 1. The van der Waals surface area contributed by atoms with E-state index in [0.717, 1.165) is 6.08 Å². The Morgan fingerprint density at radius 2 is 1.86 bits per heavy atom. The molecule has 2 heterocycles. The minimum Gasteiger partial charge on any atom is -0.444 e. The Morgan fingerprint density at radius 1 is 1.14 bits per heavy atom. The first-order valence-electron chi connectivity index (χ1n) is 8.59. The Bertz CT molecular complexity index is 869. The first-order valence-corrected chi connectivity index (χ1v) is 8.59. The van der Waals surface area contributed by atoms with Crippen LogP contribution in [0.5, 0.6) is 0 Å². The summed E-state index contributed by atoms with van der Waals surface area (Å²) >= 11 is 0. The molecule has 1 saturated heterocycles. The molecule has 2 aromatic rings. The summed E-state index contributed by atoms with van der Waals surface area (Å²) in [6.07, 6.45) is 1.21. The van der Waals surface area contributed by atoms with Crippen LogP contribution < -0.4 is 0 Å². The first-order chi connectivity index (χ1) is 13.5. The van der Waals surface area contributed by atoms with Crippen LogP contribution in [0.3, 0.4) is 0 Å². The van der Waals surface area contributed by atoms with Crippen molar-refractivity contribution in [3.8, 4) is 0 Å². The number of ether oxygens (including phenoxy) is 2. The Morgan fingerprint density at radius 3 is 2.50 bits per heavy atom. The van der Waals surface area contributed by atoms with Gasteiger partial charge in [-0.05, 0) is 12.1 Å². The minimum atomic E-state index is -1.10.